The predicted octanol–water partition coefficient (Wildman–Crippen LogP) is 3.95. The van der Waals surface area contributed by atoms with Crippen LogP contribution in [-0.4, -0.2) is 41.7 Å². The first kappa shape index (κ1) is 23.8. The molecule has 0 aliphatic heterocycles. The molecule has 3 rings (SSSR count). The molecule has 0 saturated carbocycles. The number of thiophene rings is 1. The van der Waals surface area contributed by atoms with E-state index >= 15 is 0 Å². The number of carboxylic acids is 1. The Bertz CT molecular complexity index is 1030. The van der Waals surface area contributed by atoms with Crippen LogP contribution < -0.4 is 10.6 Å². The van der Waals surface area contributed by atoms with Gasteiger partial charge in [-0.3, -0.25) is 14.4 Å². The van der Waals surface area contributed by atoms with Crippen LogP contribution in [0.5, 0.6) is 0 Å². The molecule has 1 aliphatic rings. The number of benzene rings is 1. The molecule has 3 N–H and O–H groups in total. The quantitative estimate of drug-likeness (QED) is 0.370. The van der Waals surface area contributed by atoms with Crippen molar-refractivity contribution >= 4 is 57.5 Å². The number of nitrogens with one attached hydrogen (secondary N) is 2. The Labute approximate surface area is 193 Å². The van der Waals surface area contributed by atoms with Gasteiger partial charge in [-0.25, -0.2) is 4.79 Å². The van der Waals surface area contributed by atoms with Crippen molar-refractivity contribution in [3.8, 4) is 0 Å². The average Bonchev–Trinajstić information content (AvgIpc) is 3.13. The van der Waals surface area contributed by atoms with Crippen LogP contribution in [0.15, 0.2) is 29.2 Å². The zero-order valence-electron chi connectivity index (χ0n) is 17.6. The highest BCUT2D eigenvalue weighted by atomic mass is 32.2. The lowest BCUT2D eigenvalue weighted by molar-refractivity contribution is -0.138. The summed E-state index contributed by atoms with van der Waals surface area (Å²) in [6.45, 7) is 0. The molecular weight excluding hydrogens is 452 g/mol. The number of rotatable bonds is 9. The summed E-state index contributed by atoms with van der Waals surface area (Å²) in [7, 11) is 1.34. The molecule has 1 aliphatic carbocycles. The van der Waals surface area contributed by atoms with Crippen molar-refractivity contribution in [2.24, 2.45) is 0 Å². The van der Waals surface area contributed by atoms with E-state index in [0.717, 1.165) is 41.0 Å². The zero-order chi connectivity index (χ0) is 23.1. The van der Waals surface area contributed by atoms with Gasteiger partial charge in [0, 0.05) is 21.9 Å². The molecule has 10 heteroatoms. The fourth-order valence-electron chi connectivity index (χ4n) is 3.39. The van der Waals surface area contributed by atoms with Crippen LogP contribution in [-0.2, 0) is 32.0 Å². The van der Waals surface area contributed by atoms with E-state index in [2.05, 4.69) is 10.6 Å². The van der Waals surface area contributed by atoms with Gasteiger partial charge in [0.15, 0.2) is 0 Å². The molecule has 2 aromatic rings. The average molecular weight is 477 g/mol. The number of carbonyl (C=O) groups is 4. The Morgan fingerprint density at radius 2 is 1.88 bits per heavy atom. The van der Waals surface area contributed by atoms with Gasteiger partial charge in [-0.15, -0.1) is 23.1 Å². The van der Waals surface area contributed by atoms with Crippen molar-refractivity contribution in [3.05, 3.63) is 40.3 Å². The summed E-state index contributed by atoms with van der Waals surface area (Å²) in [6.07, 6.45) is 3.45. The highest BCUT2D eigenvalue weighted by molar-refractivity contribution is 8.00. The normalized spacial score (nSPS) is 12.5. The molecule has 0 bridgehead atoms. The number of hydrogen-bond acceptors (Lipinski definition) is 7. The molecular formula is C22H24N2O6S2. The summed E-state index contributed by atoms with van der Waals surface area (Å²) in [4.78, 5) is 49.2. The maximum absolute atomic E-state index is 12.6. The van der Waals surface area contributed by atoms with Crippen molar-refractivity contribution in [2.45, 2.75) is 43.4 Å². The zero-order valence-corrected chi connectivity index (χ0v) is 19.2. The number of ether oxygens (including phenoxy) is 1. The second kappa shape index (κ2) is 11.1. The lowest BCUT2D eigenvalue weighted by Crippen LogP contribution is -2.16. The van der Waals surface area contributed by atoms with Gasteiger partial charge >= 0.3 is 11.9 Å². The molecule has 1 aromatic carbocycles. The molecule has 32 heavy (non-hydrogen) atoms. The third kappa shape index (κ3) is 6.33. The van der Waals surface area contributed by atoms with Crippen LogP contribution in [0.3, 0.4) is 0 Å². The van der Waals surface area contributed by atoms with Crippen LogP contribution in [0.25, 0.3) is 0 Å². The van der Waals surface area contributed by atoms with E-state index in [1.54, 1.807) is 18.2 Å². The fourth-order valence-corrected chi connectivity index (χ4v) is 5.44. The first-order valence-corrected chi connectivity index (χ1v) is 11.9. The van der Waals surface area contributed by atoms with E-state index in [1.165, 1.54) is 30.2 Å². The van der Waals surface area contributed by atoms with Crippen LogP contribution >= 0.6 is 23.1 Å². The summed E-state index contributed by atoms with van der Waals surface area (Å²) in [5.74, 6) is -1.96. The van der Waals surface area contributed by atoms with Crippen molar-refractivity contribution in [1.29, 1.82) is 0 Å². The van der Waals surface area contributed by atoms with Crippen molar-refractivity contribution in [3.63, 3.8) is 0 Å². The number of fused-ring (bicyclic) bond motifs is 1. The number of methoxy groups -OCH3 is 1. The van der Waals surface area contributed by atoms with Gasteiger partial charge in [0.05, 0.1) is 24.8 Å². The molecule has 0 radical (unpaired) electrons. The van der Waals surface area contributed by atoms with Gasteiger partial charge in [0.2, 0.25) is 11.8 Å². The lowest BCUT2D eigenvalue weighted by atomic mass is 9.95. The van der Waals surface area contributed by atoms with Crippen molar-refractivity contribution in [1.82, 2.24) is 0 Å². The Morgan fingerprint density at radius 3 is 2.62 bits per heavy atom. The minimum absolute atomic E-state index is 0.109. The summed E-state index contributed by atoms with van der Waals surface area (Å²) in [5, 5.41) is 14.7. The maximum Gasteiger partial charge on any atom is 0.341 e. The number of esters is 1. The van der Waals surface area contributed by atoms with E-state index in [1.807, 2.05) is 6.07 Å². The molecule has 1 aromatic heterocycles. The second-order valence-electron chi connectivity index (χ2n) is 7.21. The Kier molecular flexibility index (Phi) is 8.29. The number of anilines is 2. The molecule has 8 nitrogen and oxygen atoms in total. The number of aliphatic carboxylic acids is 1. The first-order valence-electron chi connectivity index (χ1n) is 10.1. The van der Waals surface area contributed by atoms with Gasteiger partial charge in [-0.2, -0.15) is 0 Å². The monoisotopic (exact) mass is 476 g/mol. The second-order valence-corrected chi connectivity index (χ2v) is 9.37. The van der Waals surface area contributed by atoms with Crippen LogP contribution in [0.2, 0.25) is 0 Å². The summed E-state index contributed by atoms with van der Waals surface area (Å²) in [6, 6.07) is 6.98. The molecule has 2 amide bonds. The van der Waals surface area contributed by atoms with E-state index in [9.17, 15) is 19.2 Å². The molecule has 0 atom stereocenters. The van der Waals surface area contributed by atoms with Crippen molar-refractivity contribution < 1.29 is 29.0 Å². The van der Waals surface area contributed by atoms with E-state index < -0.39 is 11.9 Å². The van der Waals surface area contributed by atoms with E-state index in [4.69, 9.17) is 9.84 Å². The summed E-state index contributed by atoms with van der Waals surface area (Å²) in [5.41, 5.74) is 1.99. The van der Waals surface area contributed by atoms with Crippen LogP contribution in [0.4, 0.5) is 10.7 Å². The number of carboxylic acid groups (broad SMARTS) is 1. The maximum atomic E-state index is 12.6. The molecule has 1 heterocycles. The van der Waals surface area contributed by atoms with Crippen LogP contribution in [0, 0.1) is 0 Å². The third-order valence-electron chi connectivity index (χ3n) is 4.87. The minimum Gasteiger partial charge on any atom is -0.481 e. The molecule has 0 unspecified atom stereocenters. The highest BCUT2D eigenvalue weighted by Gasteiger charge is 2.26. The number of hydrogen-bond donors (Lipinski definition) is 3. The Morgan fingerprint density at radius 1 is 1.09 bits per heavy atom. The topological polar surface area (TPSA) is 122 Å². The van der Waals surface area contributed by atoms with Crippen molar-refractivity contribution in [2.75, 3.05) is 23.5 Å². The first-order chi connectivity index (χ1) is 15.4. The van der Waals surface area contributed by atoms with Gasteiger partial charge in [-0.05, 0) is 49.4 Å². The molecule has 0 spiro atoms. The van der Waals surface area contributed by atoms with Gasteiger partial charge in [0.1, 0.15) is 5.00 Å². The predicted molar refractivity (Wildman–Crippen MR) is 124 cm³/mol. The minimum atomic E-state index is -1.03. The van der Waals surface area contributed by atoms with Gasteiger partial charge < -0.3 is 20.5 Å². The number of amides is 2. The fraction of sp³-hybridized carbons (Fsp3) is 0.364. The SMILES string of the molecule is COC(=O)c1c(NC(=O)CSc2cccc(NC(=O)CCC(=O)O)c2)sc2c1CCCC2. The van der Waals surface area contributed by atoms with Crippen LogP contribution in [0.1, 0.15) is 46.5 Å². The third-order valence-corrected chi connectivity index (χ3v) is 7.07. The smallest absolute Gasteiger partial charge is 0.341 e. The number of carbonyl (C=O) groups excluding carboxylic acids is 3. The van der Waals surface area contributed by atoms with Gasteiger partial charge in [0.25, 0.3) is 0 Å². The number of thioether (sulfide) groups is 1. The van der Waals surface area contributed by atoms with Gasteiger partial charge in [-0.1, -0.05) is 6.07 Å². The summed E-state index contributed by atoms with van der Waals surface area (Å²) >= 11 is 2.73. The van der Waals surface area contributed by atoms with E-state index in [-0.39, 0.29) is 30.4 Å². The number of aryl methyl sites for hydroxylation is 1. The largest absolute Gasteiger partial charge is 0.481 e. The summed E-state index contributed by atoms with van der Waals surface area (Å²) < 4.78 is 4.93. The van der Waals surface area contributed by atoms with E-state index in [0.29, 0.717) is 16.3 Å². The lowest BCUT2D eigenvalue weighted by Gasteiger charge is -2.11. The molecule has 0 saturated heterocycles. The molecule has 0 fully saturated rings. The Hall–Kier alpha value is -2.85. The Balaban J connectivity index is 1.60. The standard InChI is InChI=1S/C22H24N2O6S2/c1-30-22(29)20-15-7-2-3-8-16(15)32-21(20)24-18(26)12-31-14-6-4-5-13(11-14)23-17(25)9-10-19(27)28/h4-6,11H,2-3,7-10,12H2,1H3,(H,23,25)(H,24,26)(H,27,28). The molecule has 170 valence electrons. The highest BCUT2D eigenvalue weighted by Crippen LogP contribution is 2.38.